The number of fused-ring (bicyclic) bond motifs is 1. The largest absolute Gasteiger partial charge is 0.322 e. The van der Waals surface area contributed by atoms with Crippen LogP contribution in [0.5, 0.6) is 0 Å². The van der Waals surface area contributed by atoms with Crippen LogP contribution in [0.25, 0.3) is 0 Å². The molecule has 3 aromatic rings. The van der Waals surface area contributed by atoms with Crippen LogP contribution in [-0.4, -0.2) is 22.6 Å². The van der Waals surface area contributed by atoms with Gasteiger partial charge in [-0.3, -0.25) is 19.3 Å². The molecule has 1 N–H and O–H groups in total. The Morgan fingerprint density at radius 3 is 2.47 bits per heavy atom. The third-order valence-electron chi connectivity index (χ3n) is 5.03. The number of benzene rings is 3. The van der Waals surface area contributed by atoms with Crippen LogP contribution in [0.4, 0.5) is 5.69 Å². The highest BCUT2D eigenvalue weighted by Gasteiger charge is 2.29. The summed E-state index contributed by atoms with van der Waals surface area (Å²) in [6.07, 6.45) is 0.148. The van der Waals surface area contributed by atoms with Gasteiger partial charge in [0, 0.05) is 21.8 Å². The van der Waals surface area contributed by atoms with Crippen molar-refractivity contribution in [3.05, 3.63) is 99.6 Å². The van der Waals surface area contributed by atoms with E-state index < -0.39 is 0 Å². The highest BCUT2D eigenvalue weighted by molar-refractivity contribution is 6.31. The molecule has 0 spiro atoms. The van der Waals surface area contributed by atoms with Crippen molar-refractivity contribution in [1.29, 1.82) is 0 Å². The van der Waals surface area contributed by atoms with E-state index in [1.807, 2.05) is 19.1 Å². The molecule has 4 rings (SSSR count). The second-order valence-corrected chi connectivity index (χ2v) is 7.72. The van der Waals surface area contributed by atoms with Crippen LogP contribution >= 0.6 is 11.6 Å². The van der Waals surface area contributed by atoms with Crippen molar-refractivity contribution in [2.45, 2.75) is 19.9 Å². The van der Waals surface area contributed by atoms with Gasteiger partial charge in [-0.15, -0.1) is 0 Å². The summed E-state index contributed by atoms with van der Waals surface area (Å²) in [5, 5.41) is 3.33. The van der Waals surface area contributed by atoms with Gasteiger partial charge in [0.25, 0.3) is 11.8 Å². The predicted octanol–water partition coefficient (Wildman–Crippen LogP) is 4.63. The molecule has 0 radical (unpaired) electrons. The van der Waals surface area contributed by atoms with Crippen molar-refractivity contribution in [3.8, 4) is 0 Å². The van der Waals surface area contributed by atoms with Crippen molar-refractivity contribution in [2.24, 2.45) is 0 Å². The molecule has 0 unspecified atom stereocenters. The van der Waals surface area contributed by atoms with Gasteiger partial charge in [0.1, 0.15) is 0 Å². The molecule has 0 saturated heterocycles. The molecule has 3 aromatic carbocycles. The minimum atomic E-state index is -0.317. The first-order chi connectivity index (χ1) is 14.4. The number of imide groups is 1. The third kappa shape index (κ3) is 4.11. The lowest BCUT2D eigenvalue weighted by molar-refractivity contribution is -0.129. The molecular formula is C24H19ClN2O3. The molecule has 5 nitrogen and oxygen atoms in total. The Hall–Kier alpha value is -3.44. The number of aryl methyl sites for hydroxylation is 1. The molecule has 0 bridgehead atoms. The molecule has 3 amide bonds. The van der Waals surface area contributed by atoms with Crippen LogP contribution in [0.15, 0.2) is 66.7 Å². The first-order valence-corrected chi connectivity index (χ1v) is 9.88. The van der Waals surface area contributed by atoms with Gasteiger partial charge in [-0.2, -0.15) is 0 Å². The Bertz CT molecular complexity index is 1170. The second-order valence-electron chi connectivity index (χ2n) is 7.28. The van der Waals surface area contributed by atoms with Crippen LogP contribution in [0, 0.1) is 6.92 Å². The fraction of sp³-hybridized carbons (Fsp3) is 0.125. The Labute approximate surface area is 179 Å². The first-order valence-electron chi connectivity index (χ1n) is 9.51. The normalized spacial score (nSPS) is 13.0. The fourth-order valence-corrected chi connectivity index (χ4v) is 3.68. The summed E-state index contributed by atoms with van der Waals surface area (Å²) in [5.41, 5.74) is 4.17. The molecule has 1 aliphatic heterocycles. The molecule has 1 aliphatic rings. The Kier molecular flexibility index (Phi) is 5.38. The summed E-state index contributed by atoms with van der Waals surface area (Å²) in [6, 6.07) is 19.2. The van der Waals surface area contributed by atoms with Crippen LogP contribution in [0.1, 0.15) is 37.4 Å². The molecule has 1 heterocycles. The van der Waals surface area contributed by atoms with Gasteiger partial charge >= 0.3 is 0 Å². The number of rotatable bonds is 3. The van der Waals surface area contributed by atoms with Crippen LogP contribution in [-0.2, 0) is 17.8 Å². The summed E-state index contributed by atoms with van der Waals surface area (Å²) in [6.45, 7) is 2.07. The molecule has 0 aromatic heterocycles. The summed E-state index contributed by atoms with van der Waals surface area (Å²) >= 11 is 5.96. The maximum Gasteiger partial charge on any atom is 0.260 e. The van der Waals surface area contributed by atoms with E-state index in [9.17, 15) is 14.4 Å². The summed E-state index contributed by atoms with van der Waals surface area (Å²) in [4.78, 5) is 39.2. The van der Waals surface area contributed by atoms with E-state index in [0.29, 0.717) is 21.8 Å². The Morgan fingerprint density at radius 2 is 1.70 bits per heavy atom. The van der Waals surface area contributed by atoms with Crippen LogP contribution < -0.4 is 5.32 Å². The Balaban J connectivity index is 1.55. The fourth-order valence-electron chi connectivity index (χ4n) is 3.49. The lowest BCUT2D eigenvalue weighted by Crippen LogP contribution is -2.40. The molecular weight excluding hydrogens is 400 g/mol. The molecule has 0 saturated carbocycles. The summed E-state index contributed by atoms with van der Waals surface area (Å²) in [5.74, 6) is -0.829. The number of hydrogen-bond donors (Lipinski definition) is 1. The van der Waals surface area contributed by atoms with Crippen molar-refractivity contribution >= 4 is 35.0 Å². The van der Waals surface area contributed by atoms with Gasteiger partial charge in [0.2, 0.25) is 5.91 Å². The van der Waals surface area contributed by atoms with E-state index in [-0.39, 0.29) is 30.7 Å². The van der Waals surface area contributed by atoms with Crippen LogP contribution in [0.2, 0.25) is 5.02 Å². The molecule has 6 heteroatoms. The predicted molar refractivity (Wildman–Crippen MR) is 116 cm³/mol. The molecule has 0 atom stereocenters. The van der Waals surface area contributed by atoms with Gasteiger partial charge in [0.05, 0.1) is 13.0 Å². The van der Waals surface area contributed by atoms with Gasteiger partial charge in [0.15, 0.2) is 0 Å². The summed E-state index contributed by atoms with van der Waals surface area (Å²) in [7, 11) is 0. The number of carbonyl (C=O) groups is 3. The quantitative estimate of drug-likeness (QED) is 0.631. The van der Waals surface area contributed by atoms with E-state index in [4.69, 9.17) is 11.6 Å². The highest BCUT2D eigenvalue weighted by Crippen LogP contribution is 2.25. The van der Waals surface area contributed by atoms with Crippen molar-refractivity contribution in [2.75, 3.05) is 5.32 Å². The first kappa shape index (κ1) is 19.9. The number of halogens is 1. The van der Waals surface area contributed by atoms with Gasteiger partial charge in [-0.1, -0.05) is 41.4 Å². The smallest absolute Gasteiger partial charge is 0.260 e. The zero-order chi connectivity index (χ0) is 21.3. The van der Waals surface area contributed by atoms with E-state index >= 15 is 0 Å². The van der Waals surface area contributed by atoms with E-state index in [1.165, 1.54) is 4.90 Å². The SMILES string of the molecule is Cc1cccc(C(=O)N2Cc3cc(NC(=O)c4cccc(Cl)c4)ccc3CC2=O)c1. The number of hydrogen-bond acceptors (Lipinski definition) is 3. The minimum Gasteiger partial charge on any atom is -0.322 e. The monoisotopic (exact) mass is 418 g/mol. The van der Waals surface area contributed by atoms with E-state index in [2.05, 4.69) is 5.32 Å². The van der Waals surface area contributed by atoms with Crippen molar-refractivity contribution in [1.82, 2.24) is 4.90 Å². The maximum atomic E-state index is 12.9. The molecule has 0 fully saturated rings. The van der Waals surface area contributed by atoms with Crippen LogP contribution in [0.3, 0.4) is 0 Å². The third-order valence-corrected chi connectivity index (χ3v) is 5.27. The van der Waals surface area contributed by atoms with Gasteiger partial charge < -0.3 is 5.32 Å². The number of nitrogens with zero attached hydrogens (tertiary/aromatic N) is 1. The minimum absolute atomic E-state index is 0.148. The zero-order valence-corrected chi connectivity index (χ0v) is 17.1. The lowest BCUT2D eigenvalue weighted by atomic mass is 9.97. The van der Waals surface area contributed by atoms with Gasteiger partial charge in [-0.25, -0.2) is 0 Å². The number of amides is 3. The summed E-state index contributed by atoms with van der Waals surface area (Å²) < 4.78 is 0. The number of nitrogens with one attached hydrogen (secondary N) is 1. The average Bonchev–Trinajstić information content (AvgIpc) is 2.73. The maximum absolute atomic E-state index is 12.9. The average molecular weight is 419 g/mol. The van der Waals surface area contributed by atoms with Crippen molar-refractivity contribution in [3.63, 3.8) is 0 Å². The highest BCUT2D eigenvalue weighted by atomic mass is 35.5. The zero-order valence-electron chi connectivity index (χ0n) is 16.3. The van der Waals surface area contributed by atoms with E-state index in [0.717, 1.165) is 16.7 Å². The molecule has 150 valence electrons. The molecule has 0 aliphatic carbocycles. The van der Waals surface area contributed by atoms with Gasteiger partial charge in [-0.05, 0) is 60.5 Å². The number of anilines is 1. The lowest BCUT2D eigenvalue weighted by Gasteiger charge is -2.27. The topological polar surface area (TPSA) is 66.5 Å². The standard InChI is InChI=1S/C24H19ClN2O3/c1-15-4-2-6-18(10-15)24(30)27-14-19-12-21(9-8-16(19)13-22(27)28)26-23(29)17-5-3-7-20(25)11-17/h2-12H,13-14H2,1H3,(H,26,29). The number of carbonyl (C=O) groups excluding carboxylic acids is 3. The van der Waals surface area contributed by atoms with Crippen molar-refractivity contribution < 1.29 is 14.4 Å². The Morgan fingerprint density at radius 1 is 0.933 bits per heavy atom. The molecule has 30 heavy (non-hydrogen) atoms. The van der Waals surface area contributed by atoms with E-state index in [1.54, 1.807) is 54.6 Å². The second kappa shape index (κ2) is 8.13.